The largest absolute Gasteiger partial charge is 0.508 e. The fourth-order valence-corrected chi connectivity index (χ4v) is 4.39. The SMILES string of the molecule is C[C@@H](C(=O)N[C@@H]1CCCc2ccccc21)N1CCN(c2ccc(O)cc2)CC1. The van der Waals surface area contributed by atoms with Gasteiger partial charge in [-0.2, -0.15) is 0 Å². The number of hydrogen-bond acceptors (Lipinski definition) is 4. The average Bonchev–Trinajstić information content (AvgIpc) is 2.74. The van der Waals surface area contributed by atoms with Crippen molar-refractivity contribution in [1.82, 2.24) is 10.2 Å². The molecule has 0 spiro atoms. The van der Waals surface area contributed by atoms with Crippen LogP contribution in [0.5, 0.6) is 5.75 Å². The third-order valence-corrected chi connectivity index (χ3v) is 6.14. The van der Waals surface area contributed by atoms with Crippen molar-refractivity contribution >= 4 is 11.6 Å². The molecule has 2 aromatic carbocycles. The molecule has 1 aliphatic carbocycles. The summed E-state index contributed by atoms with van der Waals surface area (Å²) in [6, 6.07) is 15.8. The number of anilines is 1. The molecule has 2 aliphatic rings. The summed E-state index contributed by atoms with van der Waals surface area (Å²) in [5.74, 6) is 0.414. The van der Waals surface area contributed by atoms with Crippen molar-refractivity contribution in [3.05, 3.63) is 59.7 Å². The zero-order valence-corrected chi connectivity index (χ0v) is 16.5. The van der Waals surface area contributed by atoms with Crippen LogP contribution in [0, 0.1) is 0 Å². The second kappa shape index (κ2) is 8.23. The molecule has 1 fully saturated rings. The van der Waals surface area contributed by atoms with E-state index in [0.29, 0.717) is 0 Å². The number of fused-ring (bicyclic) bond motifs is 1. The van der Waals surface area contributed by atoms with E-state index in [2.05, 4.69) is 39.4 Å². The fraction of sp³-hybridized carbons (Fsp3) is 0.435. The molecular formula is C23H29N3O2. The Hall–Kier alpha value is -2.53. The van der Waals surface area contributed by atoms with Crippen LogP contribution in [0.2, 0.25) is 0 Å². The summed E-state index contributed by atoms with van der Waals surface area (Å²) in [4.78, 5) is 17.5. The first kappa shape index (κ1) is 18.8. The van der Waals surface area contributed by atoms with Gasteiger partial charge in [-0.05, 0) is 61.6 Å². The van der Waals surface area contributed by atoms with Gasteiger partial charge < -0.3 is 15.3 Å². The number of carbonyl (C=O) groups is 1. The number of nitrogens with one attached hydrogen (secondary N) is 1. The molecule has 2 aromatic rings. The molecule has 0 radical (unpaired) electrons. The lowest BCUT2D eigenvalue weighted by Crippen LogP contribution is -2.54. The van der Waals surface area contributed by atoms with E-state index in [1.807, 2.05) is 19.1 Å². The highest BCUT2D eigenvalue weighted by Gasteiger charge is 2.28. The van der Waals surface area contributed by atoms with Crippen molar-refractivity contribution in [1.29, 1.82) is 0 Å². The molecule has 1 heterocycles. The first-order valence-electron chi connectivity index (χ1n) is 10.3. The predicted molar refractivity (Wildman–Crippen MR) is 112 cm³/mol. The standard InChI is InChI=1S/C23H29N3O2/c1-17(23(28)24-22-8-4-6-18-5-2-3-7-21(18)22)25-13-15-26(16-14-25)19-9-11-20(27)12-10-19/h2-3,5,7,9-12,17,22,27H,4,6,8,13-16H2,1H3,(H,24,28)/t17-,22+/m0/s1. The van der Waals surface area contributed by atoms with Gasteiger partial charge >= 0.3 is 0 Å². The minimum atomic E-state index is -0.129. The summed E-state index contributed by atoms with van der Waals surface area (Å²) in [6.45, 7) is 5.50. The van der Waals surface area contributed by atoms with Crippen LogP contribution < -0.4 is 10.2 Å². The molecular weight excluding hydrogens is 350 g/mol. The van der Waals surface area contributed by atoms with E-state index in [0.717, 1.165) is 51.1 Å². The first-order valence-corrected chi connectivity index (χ1v) is 10.3. The van der Waals surface area contributed by atoms with Gasteiger partial charge in [0.15, 0.2) is 0 Å². The molecule has 2 atom stereocenters. The Labute approximate surface area is 167 Å². The highest BCUT2D eigenvalue weighted by atomic mass is 16.3. The summed E-state index contributed by atoms with van der Waals surface area (Å²) in [6.07, 6.45) is 3.25. The Bertz CT molecular complexity index is 813. The topological polar surface area (TPSA) is 55.8 Å². The van der Waals surface area contributed by atoms with E-state index in [4.69, 9.17) is 0 Å². The highest BCUT2D eigenvalue weighted by molar-refractivity contribution is 5.82. The van der Waals surface area contributed by atoms with E-state index in [-0.39, 0.29) is 23.7 Å². The molecule has 0 saturated carbocycles. The maximum Gasteiger partial charge on any atom is 0.237 e. The van der Waals surface area contributed by atoms with Crippen LogP contribution in [0.3, 0.4) is 0 Å². The number of phenols is 1. The van der Waals surface area contributed by atoms with Gasteiger partial charge in [0.1, 0.15) is 5.75 Å². The van der Waals surface area contributed by atoms with E-state index < -0.39 is 0 Å². The number of aromatic hydroxyl groups is 1. The molecule has 0 unspecified atom stereocenters. The quantitative estimate of drug-likeness (QED) is 0.857. The number of phenolic OH excluding ortho intramolecular Hbond substituents is 1. The fourth-order valence-electron chi connectivity index (χ4n) is 4.39. The molecule has 1 aliphatic heterocycles. The third kappa shape index (κ3) is 3.99. The van der Waals surface area contributed by atoms with Crippen LogP contribution in [-0.2, 0) is 11.2 Å². The molecule has 1 amide bonds. The number of benzene rings is 2. The van der Waals surface area contributed by atoms with Crippen LogP contribution in [0.15, 0.2) is 48.5 Å². The van der Waals surface area contributed by atoms with Crippen molar-refractivity contribution < 1.29 is 9.90 Å². The second-order valence-corrected chi connectivity index (χ2v) is 7.87. The van der Waals surface area contributed by atoms with Crippen molar-refractivity contribution in [2.45, 2.75) is 38.3 Å². The molecule has 2 N–H and O–H groups in total. The van der Waals surface area contributed by atoms with Crippen LogP contribution in [0.1, 0.15) is 36.9 Å². The molecule has 0 aromatic heterocycles. The van der Waals surface area contributed by atoms with Gasteiger partial charge in [0.25, 0.3) is 0 Å². The van der Waals surface area contributed by atoms with E-state index >= 15 is 0 Å². The van der Waals surface area contributed by atoms with Crippen LogP contribution in [0.4, 0.5) is 5.69 Å². The third-order valence-electron chi connectivity index (χ3n) is 6.14. The van der Waals surface area contributed by atoms with Crippen LogP contribution >= 0.6 is 0 Å². The number of carbonyl (C=O) groups excluding carboxylic acids is 1. The van der Waals surface area contributed by atoms with Gasteiger partial charge in [0.05, 0.1) is 12.1 Å². The van der Waals surface area contributed by atoms with E-state index in [9.17, 15) is 9.90 Å². The minimum Gasteiger partial charge on any atom is -0.508 e. The first-order chi connectivity index (χ1) is 13.6. The normalized spacial score (nSPS) is 21.0. The lowest BCUT2D eigenvalue weighted by molar-refractivity contribution is -0.126. The Morgan fingerprint density at radius 2 is 1.79 bits per heavy atom. The van der Waals surface area contributed by atoms with Gasteiger partial charge in [-0.3, -0.25) is 9.69 Å². The Kier molecular flexibility index (Phi) is 5.53. The molecule has 4 rings (SSSR count). The van der Waals surface area contributed by atoms with Crippen molar-refractivity contribution in [3.63, 3.8) is 0 Å². The maximum atomic E-state index is 12.9. The number of hydrogen-bond donors (Lipinski definition) is 2. The summed E-state index contributed by atoms with van der Waals surface area (Å²) >= 11 is 0. The smallest absolute Gasteiger partial charge is 0.237 e. The van der Waals surface area contributed by atoms with E-state index in [1.54, 1.807) is 12.1 Å². The summed E-state index contributed by atoms with van der Waals surface area (Å²) in [5.41, 5.74) is 3.77. The zero-order chi connectivity index (χ0) is 19.5. The maximum absolute atomic E-state index is 12.9. The number of rotatable bonds is 4. The van der Waals surface area contributed by atoms with Gasteiger partial charge in [-0.15, -0.1) is 0 Å². The lowest BCUT2D eigenvalue weighted by atomic mass is 9.87. The van der Waals surface area contributed by atoms with Gasteiger partial charge in [0, 0.05) is 31.9 Å². The van der Waals surface area contributed by atoms with Crippen LogP contribution in [0.25, 0.3) is 0 Å². The van der Waals surface area contributed by atoms with Gasteiger partial charge in [0.2, 0.25) is 5.91 Å². The molecule has 1 saturated heterocycles. The summed E-state index contributed by atoms with van der Waals surface area (Å²) in [7, 11) is 0. The minimum absolute atomic E-state index is 0.125. The molecule has 148 valence electrons. The number of aryl methyl sites for hydroxylation is 1. The lowest BCUT2D eigenvalue weighted by Gasteiger charge is -2.39. The van der Waals surface area contributed by atoms with Crippen molar-refractivity contribution in [2.24, 2.45) is 0 Å². The number of amides is 1. The average molecular weight is 380 g/mol. The molecule has 5 nitrogen and oxygen atoms in total. The van der Waals surface area contributed by atoms with Crippen molar-refractivity contribution in [2.75, 3.05) is 31.1 Å². The predicted octanol–water partition coefficient (Wildman–Crippen LogP) is 3.10. The Morgan fingerprint density at radius 3 is 2.54 bits per heavy atom. The second-order valence-electron chi connectivity index (χ2n) is 7.87. The summed E-state index contributed by atoms with van der Waals surface area (Å²) < 4.78 is 0. The molecule has 0 bridgehead atoms. The van der Waals surface area contributed by atoms with Crippen LogP contribution in [-0.4, -0.2) is 48.1 Å². The number of piperazine rings is 1. The van der Waals surface area contributed by atoms with E-state index in [1.165, 1.54) is 11.1 Å². The van der Waals surface area contributed by atoms with Gasteiger partial charge in [-0.1, -0.05) is 24.3 Å². The summed E-state index contributed by atoms with van der Waals surface area (Å²) in [5, 5.41) is 12.8. The molecule has 5 heteroatoms. The molecule has 28 heavy (non-hydrogen) atoms. The van der Waals surface area contributed by atoms with Gasteiger partial charge in [-0.25, -0.2) is 0 Å². The highest BCUT2D eigenvalue weighted by Crippen LogP contribution is 2.29. The number of nitrogens with zero attached hydrogens (tertiary/aromatic N) is 2. The van der Waals surface area contributed by atoms with Crippen molar-refractivity contribution in [3.8, 4) is 5.75 Å². The monoisotopic (exact) mass is 379 g/mol. The zero-order valence-electron chi connectivity index (χ0n) is 16.5. The Balaban J connectivity index is 1.33. The Morgan fingerprint density at radius 1 is 1.07 bits per heavy atom.